The van der Waals surface area contributed by atoms with E-state index in [9.17, 15) is 28.8 Å². The third kappa shape index (κ3) is 13.7. The second kappa shape index (κ2) is 22.9. The summed E-state index contributed by atoms with van der Waals surface area (Å²) in [6.45, 7) is 22.5. The summed E-state index contributed by atoms with van der Waals surface area (Å²) in [7, 11) is 6.34. The van der Waals surface area contributed by atoms with Gasteiger partial charge in [0, 0.05) is 32.7 Å². The summed E-state index contributed by atoms with van der Waals surface area (Å²) in [5, 5.41) is 12.4. The predicted octanol–water partition coefficient (Wildman–Crippen LogP) is 3.97. The van der Waals surface area contributed by atoms with Gasteiger partial charge in [-0.2, -0.15) is 0 Å². The Labute approximate surface area is 341 Å². The van der Waals surface area contributed by atoms with Crippen LogP contribution in [0.3, 0.4) is 0 Å². The van der Waals surface area contributed by atoms with Gasteiger partial charge in [-0.15, -0.1) is 0 Å². The minimum atomic E-state index is -1.03. The van der Waals surface area contributed by atoms with E-state index in [-0.39, 0.29) is 47.3 Å². The average Bonchev–Trinajstić information content (AvgIpc) is 3.09. The molecule has 6 amide bonds. The van der Waals surface area contributed by atoms with E-state index in [4.69, 9.17) is 11.6 Å². The molecular weight excluding hydrogens is 734 g/mol. The number of amides is 6. The normalized spacial score (nSPS) is 15.0. The smallest absolute Gasteiger partial charge is 0.246 e. The molecule has 0 aliphatic carbocycles. The summed E-state index contributed by atoms with van der Waals surface area (Å²) in [5.74, 6) is -4.02. The first kappa shape index (κ1) is 50.3. The fourth-order valence-corrected chi connectivity index (χ4v) is 7.30. The first-order chi connectivity index (χ1) is 25.9. The summed E-state index contributed by atoms with van der Waals surface area (Å²) in [6.07, 6.45) is 0.589. The van der Waals surface area contributed by atoms with E-state index in [0.717, 1.165) is 5.56 Å². The van der Waals surface area contributed by atoms with Crippen LogP contribution in [0.4, 0.5) is 0 Å². The van der Waals surface area contributed by atoms with Gasteiger partial charge in [0.25, 0.3) is 0 Å². The molecule has 1 aromatic carbocycles. The van der Waals surface area contributed by atoms with Crippen molar-refractivity contribution < 1.29 is 28.8 Å². The monoisotopic (exact) mass is 806 g/mol. The minimum Gasteiger partial charge on any atom is -0.354 e. The third-order valence-corrected chi connectivity index (χ3v) is 10.6. The zero-order valence-corrected chi connectivity index (χ0v) is 37.6. The maximum absolute atomic E-state index is 14.3. The number of nitrogens with zero attached hydrogens (tertiary/aromatic N) is 3. The Kier molecular flexibility index (Phi) is 20.6. The van der Waals surface area contributed by atoms with Crippen molar-refractivity contribution in [2.75, 3.05) is 34.7 Å². The van der Waals surface area contributed by atoms with Crippen LogP contribution in [-0.2, 0) is 35.2 Å². The summed E-state index contributed by atoms with van der Waals surface area (Å²) < 4.78 is 0. The molecule has 0 aliphatic heterocycles. The number of carbonyl (C=O) groups excluding carboxylic acids is 6. The second-order valence-corrected chi connectivity index (χ2v) is 17.5. The molecule has 4 N–H and O–H groups in total. The summed E-state index contributed by atoms with van der Waals surface area (Å²) >= 11 is 6.00. The van der Waals surface area contributed by atoms with Crippen LogP contribution in [0, 0.1) is 35.5 Å². The molecule has 1 rings (SSSR count). The van der Waals surface area contributed by atoms with Gasteiger partial charge < -0.3 is 36.0 Å². The van der Waals surface area contributed by atoms with Crippen LogP contribution in [-0.4, -0.2) is 121 Å². The van der Waals surface area contributed by atoms with Gasteiger partial charge >= 0.3 is 0 Å². The molecule has 0 fully saturated rings. The van der Waals surface area contributed by atoms with Crippen molar-refractivity contribution in [2.24, 2.45) is 35.5 Å². The molecule has 0 unspecified atom stereocenters. The van der Waals surface area contributed by atoms with E-state index in [2.05, 4.69) is 21.3 Å². The molecule has 0 saturated heterocycles. The maximum atomic E-state index is 14.3. The summed E-state index contributed by atoms with van der Waals surface area (Å²) in [4.78, 5) is 87.4. The number of rotatable bonds is 21. The van der Waals surface area contributed by atoms with Gasteiger partial charge in [-0.05, 0) is 66.7 Å². The Balaban J connectivity index is 3.29. The molecule has 0 aromatic heterocycles. The van der Waals surface area contributed by atoms with E-state index in [0.29, 0.717) is 18.0 Å². The zero-order chi connectivity index (χ0) is 43.4. The average molecular weight is 807 g/mol. The predicted molar refractivity (Wildman–Crippen MR) is 224 cm³/mol. The summed E-state index contributed by atoms with van der Waals surface area (Å²) in [6, 6.07) is 2.25. The lowest BCUT2D eigenvalue weighted by molar-refractivity contribution is -0.152. The quantitative estimate of drug-likeness (QED) is 0.146. The van der Waals surface area contributed by atoms with E-state index in [1.807, 2.05) is 81.4 Å². The lowest BCUT2D eigenvalue weighted by Crippen LogP contribution is -2.63. The van der Waals surface area contributed by atoms with Gasteiger partial charge in [-0.1, -0.05) is 107 Å². The van der Waals surface area contributed by atoms with Crippen molar-refractivity contribution in [3.8, 4) is 0 Å². The third-order valence-electron chi connectivity index (χ3n) is 10.3. The molecule has 0 radical (unpaired) electrons. The minimum absolute atomic E-state index is 0.0168. The number of hydrogen-bond acceptors (Lipinski definition) is 7. The molecule has 0 aliphatic rings. The second-order valence-electron chi connectivity index (χ2n) is 17.1. The number of benzene rings is 1. The van der Waals surface area contributed by atoms with Crippen LogP contribution < -0.4 is 21.3 Å². The topological polar surface area (TPSA) is 160 Å². The Hall–Kier alpha value is -3.71. The fraction of sp³-hybridized carbons (Fsp3) is 0.714. The van der Waals surface area contributed by atoms with Crippen LogP contribution in [0.15, 0.2) is 24.3 Å². The highest BCUT2D eigenvalue weighted by atomic mass is 35.5. The van der Waals surface area contributed by atoms with Crippen LogP contribution in [0.25, 0.3) is 0 Å². The molecule has 14 heteroatoms. The summed E-state index contributed by atoms with van der Waals surface area (Å²) in [5.41, 5.74) is 1.01. The Morgan fingerprint density at radius 1 is 0.518 bits per heavy atom. The van der Waals surface area contributed by atoms with Gasteiger partial charge in [0.2, 0.25) is 35.4 Å². The molecule has 0 spiro atoms. The van der Waals surface area contributed by atoms with E-state index in [1.165, 1.54) is 28.8 Å². The molecule has 13 nitrogen and oxygen atoms in total. The number of hydrogen-bond donors (Lipinski definition) is 4. The van der Waals surface area contributed by atoms with Crippen molar-refractivity contribution in [1.29, 1.82) is 0 Å². The van der Waals surface area contributed by atoms with E-state index < -0.39 is 59.9 Å². The number of carbonyl (C=O) groups is 6. The van der Waals surface area contributed by atoms with Crippen LogP contribution in [0.1, 0.15) is 88.6 Å². The molecule has 0 saturated carbocycles. The SMILES string of the molecule is CN[C@H](C(=O)N[C@H](C(=O)N(C)[C@H](C(=O)N[C@H](C(=O)N(C)[C@H](C(=O)N(C)[C@H](C(=O)NCCc1ccc(Cl)cc1)C(C)C)C(C)C)C(C)C)C(C)C)C(C)C)C(C)C. The van der Waals surface area contributed by atoms with Crippen molar-refractivity contribution in [2.45, 2.75) is 126 Å². The highest BCUT2D eigenvalue weighted by Crippen LogP contribution is 2.21. The van der Waals surface area contributed by atoms with Crippen molar-refractivity contribution >= 4 is 47.0 Å². The van der Waals surface area contributed by atoms with Gasteiger partial charge in [-0.25, -0.2) is 0 Å². The number of halogens is 1. The van der Waals surface area contributed by atoms with Crippen molar-refractivity contribution in [1.82, 2.24) is 36.0 Å². The van der Waals surface area contributed by atoms with Gasteiger partial charge in [-0.3, -0.25) is 28.8 Å². The first-order valence-electron chi connectivity index (χ1n) is 20.0. The zero-order valence-electron chi connectivity index (χ0n) is 36.8. The lowest BCUT2D eigenvalue weighted by Gasteiger charge is -2.39. The van der Waals surface area contributed by atoms with Gasteiger partial charge in [0.15, 0.2) is 0 Å². The largest absolute Gasteiger partial charge is 0.354 e. The molecule has 56 heavy (non-hydrogen) atoms. The molecule has 318 valence electrons. The first-order valence-corrected chi connectivity index (χ1v) is 20.4. The number of nitrogens with one attached hydrogen (secondary N) is 4. The van der Waals surface area contributed by atoms with Crippen molar-refractivity contribution in [3.05, 3.63) is 34.9 Å². The molecule has 1 aromatic rings. The maximum Gasteiger partial charge on any atom is 0.246 e. The van der Waals surface area contributed by atoms with Crippen LogP contribution in [0.2, 0.25) is 5.02 Å². The van der Waals surface area contributed by atoms with E-state index in [1.54, 1.807) is 40.1 Å². The van der Waals surface area contributed by atoms with Crippen LogP contribution in [0.5, 0.6) is 0 Å². The van der Waals surface area contributed by atoms with E-state index >= 15 is 0 Å². The van der Waals surface area contributed by atoms with Crippen molar-refractivity contribution in [3.63, 3.8) is 0 Å². The fourth-order valence-electron chi connectivity index (χ4n) is 7.17. The molecule has 0 heterocycles. The molecule has 6 atom stereocenters. The lowest BCUT2D eigenvalue weighted by atomic mass is 9.94. The highest BCUT2D eigenvalue weighted by molar-refractivity contribution is 6.30. The van der Waals surface area contributed by atoms with Crippen LogP contribution >= 0.6 is 11.6 Å². The van der Waals surface area contributed by atoms with Gasteiger partial charge in [0.1, 0.15) is 30.2 Å². The molecule has 0 bridgehead atoms. The van der Waals surface area contributed by atoms with Gasteiger partial charge in [0.05, 0.1) is 6.04 Å². The highest BCUT2D eigenvalue weighted by Gasteiger charge is 2.42. The Bertz CT molecular complexity index is 1470. The standard InChI is InChI=1S/C42H72ClN7O6/c1-23(2)31(44-13)37(51)46-32(24(3)4)40(54)48(14)35(27(9)10)39(53)47-33(25(5)6)41(55)50(16)36(28(11)12)42(56)49(15)34(26(7)8)38(52)45-22-21-29-17-19-30(43)20-18-29/h17-20,23-28,31-36,44H,21-22H2,1-16H3,(H,45,52)(H,46,51)(H,47,53)/t31-,32-,33-,34-,35-,36-/m0/s1. The molecular formula is C42H72ClN7O6. The Morgan fingerprint density at radius 3 is 1.29 bits per heavy atom. The Morgan fingerprint density at radius 2 is 0.893 bits per heavy atom. The number of likely N-dealkylation sites (N-methyl/N-ethyl adjacent to an activating group) is 4.